The highest BCUT2D eigenvalue weighted by Gasteiger charge is 2.53. The Balaban J connectivity index is 1.79. The molecule has 3 fully saturated rings. The van der Waals surface area contributed by atoms with Gasteiger partial charge in [0.2, 0.25) is 0 Å². The van der Waals surface area contributed by atoms with Gasteiger partial charge in [-0.3, -0.25) is 0 Å². The second-order valence-corrected chi connectivity index (χ2v) is 10.6. The molecule has 3 rings (SSSR count). The van der Waals surface area contributed by atoms with E-state index in [0.29, 0.717) is 11.5 Å². The number of aliphatic hydroxyl groups is 3. The van der Waals surface area contributed by atoms with Crippen molar-refractivity contribution in [1.82, 2.24) is 26.6 Å². The van der Waals surface area contributed by atoms with Crippen molar-refractivity contribution in [3.05, 3.63) is 0 Å². The molecule has 3 aliphatic rings. The first-order valence-electron chi connectivity index (χ1n) is 12.7. The lowest BCUT2D eigenvalue weighted by atomic mass is 9.83. The summed E-state index contributed by atoms with van der Waals surface area (Å²) in [4.78, 5) is 0. The molecule has 38 heavy (non-hydrogen) atoms. The SMILES string of the molecule is CNC1CC(NF)C(OC2OCC(C)(O)C(N(C)F)C2O)C(O)C1OC1OC(C(C)N(C)F)CCC1NF. The summed E-state index contributed by atoms with van der Waals surface area (Å²) in [6, 6.07) is -4.78. The zero-order chi connectivity index (χ0) is 28.4. The van der Waals surface area contributed by atoms with E-state index in [9.17, 15) is 33.2 Å². The molecule has 224 valence electrons. The van der Waals surface area contributed by atoms with Crippen molar-refractivity contribution in [3.63, 3.8) is 0 Å². The molecule has 2 saturated heterocycles. The average molecular weight is 564 g/mol. The maximum atomic E-state index is 14.1. The monoisotopic (exact) mass is 563 g/mol. The van der Waals surface area contributed by atoms with E-state index in [0.717, 1.165) is 7.05 Å². The largest absolute Gasteiger partial charge is 0.388 e. The van der Waals surface area contributed by atoms with Gasteiger partial charge in [0.15, 0.2) is 12.6 Å². The van der Waals surface area contributed by atoms with Crippen molar-refractivity contribution in [2.75, 3.05) is 27.7 Å². The molecule has 12 nitrogen and oxygen atoms in total. The Bertz CT molecular complexity index is 748. The lowest BCUT2D eigenvalue weighted by molar-refractivity contribution is -0.327. The predicted octanol–water partition coefficient (Wildman–Crippen LogP) is -0.842. The lowest BCUT2D eigenvalue weighted by Crippen LogP contribution is -2.68. The fraction of sp³-hybridized carbons (Fsp3) is 1.00. The molecule has 1 saturated carbocycles. The third-order valence-electron chi connectivity index (χ3n) is 7.87. The van der Waals surface area contributed by atoms with Crippen LogP contribution in [0.4, 0.5) is 17.9 Å². The minimum absolute atomic E-state index is 0.0137. The van der Waals surface area contributed by atoms with Crippen LogP contribution in [-0.4, -0.2) is 132 Å². The number of halogens is 4. The number of ether oxygens (including phenoxy) is 4. The van der Waals surface area contributed by atoms with Crippen LogP contribution in [-0.2, 0) is 18.9 Å². The molecule has 0 aromatic carbocycles. The Morgan fingerprint density at radius 3 is 2.13 bits per heavy atom. The Hall–Kier alpha value is -0.760. The molecule has 13 unspecified atom stereocenters. The normalized spacial score (nSPS) is 45.5. The summed E-state index contributed by atoms with van der Waals surface area (Å²) in [5.74, 6) is 0. The molecular weight excluding hydrogens is 522 g/mol. The molecule has 2 heterocycles. The van der Waals surface area contributed by atoms with Crippen LogP contribution in [0.1, 0.15) is 33.1 Å². The van der Waals surface area contributed by atoms with Crippen LogP contribution in [0.5, 0.6) is 0 Å². The summed E-state index contributed by atoms with van der Waals surface area (Å²) in [6.07, 6.45) is -8.56. The van der Waals surface area contributed by atoms with E-state index in [1.54, 1.807) is 25.0 Å². The van der Waals surface area contributed by atoms with Crippen molar-refractivity contribution in [1.29, 1.82) is 0 Å². The van der Waals surface area contributed by atoms with E-state index in [4.69, 9.17) is 18.9 Å². The molecule has 0 spiro atoms. The van der Waals surface area contributed by atoms with Crippen LogP contribution in [0.15, 0.2) is 0 Å². The smallest absolute Gasteiger partial charge is 0.185 e. The van der Waals surface area contributed by atoms with Gasteiger partial charge in [-0.1, -0.05) is 0 Å². The Morgan fingerprint density at radius 1 is 0.974 bits per heavy atom. The van der Waals surface area contributed by atoms with E-state index >= 15 is 0 Å². The maximum Gasteiger partial charge on any atom is 0.185 e. The fourth-order valence-corrected chi connectivity index (χ4v) is 5.55. The third-order valence-corrected chi connectivity index (χ3v) is 7.87. The molecule has 1 aliphatic carbocycles. The minimum atomic E-state index is -1.76. The standard InChI is InChI=1S/C22H41F4N5O7/c1-10(30(4)25)14-7-6-11(28-23)20(36-14)37-17-12(27-3)8-13(29-24)18(15(17)32)38-21-16(33)19(31(5)26)22(2,34)9-35-21/h10-21,27-29,32-34H,6-9H2,1-5H3. The highest BCUT2D eigenvalue weighted by molar-refractivity contribution is 5.02. The highest BCUT2D eigenvalue weighted by Crippen LogP contribution is 2.34. The van der Waals surface area contributed by atoms with Crippen LogP contribution in [0.25, 0.3) is 0 Å². The van der Waals surface area contributed by atoms with E-state index in [1.165, 1.54) is 14.0 Å². The first-order valence-corrected chi connectivity index (χ1v) is 12.7. The Morgan fingerprint density at radius 2 is 1.58 bits per heavy atom. The van der Waals surface area contributed by atoms with E-state index < -0.39 is 85.5 Å². The summed E-state index contributed by atoms with van der Waals surface area (Å²) in [6.45, 7) is 2.48. The molecule has 0 radical (unpaired) electrons. The molecule has 13 atom stereocenters. The highest BCUT2D eigenvalue weighted by atomic mass is 19.2. The van der Waals surface area contributed by atoms with Crippen LogP contribution in [0.2, 0.25) is 0 Å². The molecule has 0 aromatic heterocycles. The van der Waals surface area contributed by atoms with Gasteiger partial charge < -0.3 is 39.6 Å². The number of likely N-dealkylation sites (N-methyl/N-ethyl adjacent to an activating group) is 3. The topological polar surface area (TPSA) is 140 Å². The molecule has 6 N–H and O–H groups in total. The second kappa shape index (κ2) is 13.3. The quantitative estimate of drug-likeness (QED) is 0.146. The number of hydrogen-bond acceptors (Lipinski definition) is 12. The molecule has 2 aliphatic heterocycles. The van der Waals surface area contributed by atoms with Crippen LogP contribution in [0, 0.1) is 0 Å². The van der Waals surface area contributed by atoms with Gasteiger partial charge in [-0.15, -0.1) is 28.2 Å². The maximum absolute atomic E-state index is 14.1. The van der Waals surface area contributed by atoms with Crippen LogP contribution >= 0.6 is 0 Å². The fourth-order valence-electron chi connectivity index (χ4n) is 5.55. The Labute approximate surface area is 219 Å². The second-order valence-electron chi connectivity index (χ2n) is 10.6. The number of rotatable bonds is 10. The van der Waals surface area contributed by atoms with Crippen molar-refractivity contribution in [2.45, 2.75) is 112 Å². The van der Waals surface area contributed by atoms with Gasteiger partial charge >= 0.3 is 0 Å². The number of nitrogens with zero attached hydrogens (tertiary/aromatic N) is 2. The summed E-state index contributed by atoms with van der Waals surface area (Å²) in [5, 5.41) is 35.9. The van der Waals surface area contributed by atoms with Crippen LogP contribution in [0.3, 0.4) is 0 Å². The van der Waals surface area contributed by atoms with Gasteiger partial charge in [-0.05, 0) is 40.2 Å². The first-order chi connectivity index (χ1) is 17.9. The predicted molar refractivity (Wildman–Crippen MR) is 125 cm³/mol. The summed E-state index contributed by atoms with van der Waals surface area (Å²) in [5.41, 5.74) is 1.44. The van der Waals surface area contributed by atoms with Gasteiger partial charge in [0.05, 0.1) is 30.8 Å². The van der Waals surface area contributed by atoms with Gasteiger partial charge in [0.1, 0.15) is 36.1 Å². The van der Waals surface area contributed by atoms with Crippen molar-refractivity contribution >= 4 is 0 Å². The lowest BCUT2D eigenvalue weighted by Gasteiger charge is -2.49. The zero-order valence-electron chi connectivity index (χ0n) is 22.1. The molecule has 16 heteroatoms. The van der Waals surface area contributed by atoms with Gasteiger partial charge in [-0.2, -0.15) is 11.1 Å². The zero-order valence-corrected chi connectivity index (χ0v) is 22.1. The number of hydrogen-bond donors (Lipinski definition) is 6. The van der Waals surface area contributed by atoms with Gasteiger partial charge in [-0.25, -0.2) is 0 Å². The van der Waals surface area contributed by atoms with Crippen LogP contribution < -0.4 is 16.4 Å². The van der Waals surface area contributed by atoms with Crippen molar-refractivity contribution in [2.24, 2.45) is 0 Å². The first kappa shape index (κ1) is 31.8. The van der Waals surface area contributed by atoms with E-state index in [-0.39, 0.29) is 18.0 Å². The molecule has 0 amide bonds. The van der Waals surface area contributed by atoms with Gasteiger partial charge in [0, 0.05) is 20.1 Å². The average Bonchev–Trinajstić information content (AvgIpc) is 2.86. The number of aliphatic hydroxyl groups excluding tert-OH is 2. The molecule has 0 aromatic rings. The Kier molecular flexibility index (Phi) is 11.1. The van der Waals surface area contributed by atoms with E-state index in [2.05, 4.69) is 5.32 Å². The van der Waals surface area contributed by atoms with Crippen molar-refractivity contribution in [3.8, 4) is 0 Å². The summed E-state index contributed by atoms with van der Waals surface area (Å²) in [7, 11) is 3.82. The summed E-state index contributed by atoms with van der Waals surface area (Å²) < 4.78 is 78.4. The van der Waals surface area contributed by atoms with Crippen molar-refractivity contribution < 1.29 is 52.2 Å². The van der Waals surface area contributed by atoms with Gasteiger partial charge in [0.25, 0.3) is 0 Å². The minimum Gasteiger partial charge on any atom is -0.388 e. The number of nitrogens with one attached hydrogen (secondary N) is 3. The summed E-state index contributed by atoms with van der Waals surface area (Å²) >= 11 is 0. The third kappa shape index (κ3) is 6.75. The molecular formula is C22H41F4N5O7. The van der Waals surface area contributed by atoms with E-state index in [1.807, 2.05) is 0 Å². The molecule has 0 bridgehead atoms.